The minimum absolute atomic E-state index is 0.211. The highest BCUT2D eigenvalue weighted by Gasteiger charge is 2.32. The van der Waals surface area contributed by atoms with Crippen molar-refractivity contribution in [3.8, 4) is 0 Å². The number of amidine groups is 1. The van der Waals surface area contributed by atoms with Crippen LogP contribution in [0.15, 0.2) is 4.99 Å². The molecule has 0 aliphatic carbocycles. The van der Waals surface area contributed by atoms with E-state index in [1.807, 2.05) is 11.8 Å². The van der Waals surface area contributed by atoms with Gasteiger partial charge in [-0.1, -0.05) is 32.0 Å². The fourth-order valence-electron chi connectivity index (χ4n) is 2.29. The van der Waals surface area contributed by atoms with E-state index in [-0.39, 0.29) is 5.54 Å². The topological polar surface area (TPSA) is 27.6 Å². The molecule has 1 fully saturated rings. The van der Waals surface area contributed by atoms with E-state index in [4.69, 9.17) is 4.99 Å². The zero-order valence-electron chi connectivity index (χ0n) is 10.5. The minimum Gasteiger partial charge on any atom is -0.298 e. The first-order valence-electron chi connectivity index (χ1n) is 6.52. The third-order valence-electron chi connectivity index (χ3n) is 3.74. The van der Waals surface area contributed by atoms with Crippen molar-refractivity contribution in [1.29, 1.82) is 0 Å². The Balaban J connectivity index is 1.90. The van der Waals surface area contributed by atoms with E-state index in [1.54, 1.807) is 0 Å². The Hall–Kier alpha value is -0.220. The molecule has 2 aliphatic heterocycles. The molecule has 0 unspecified atom stereocenters. The maximum Gasteiger partial charge on any atom is 0.171 e. The van der Waals surface area contributed by atoms with Gasteiger partial charge in [-0.15, -0.1) is 0 Å². The van der Waals surface area contributed by atoms with Crippen LogP contribution in [0.4, 0.5) is 0 Å². The molecule has 0 radical (unpaired) electrons. The zero-order valence-corrected chi connectivity index (χ0v) is 11.3. The number of hydrogen-bond donors (Lipinski definition) is 1. The van der Waals surface area contributed by atoms with Crippen LogP contribution < -0.4 is 5.43 Å². The van der Waals surface area contributed by atoms with Crippen LogP contribution in [0.3, 0.4) is 0 Å². The Bertz CT molecular complexity index is 255. The van der Waals surface area contributed by atoms with Crippen LogP contribution >= 0.6 is 11.8 Å². The summed E-state index contributed by atoms with van der Waals surface area (Å²) in [5.41, 5.74) is 3.70. The second kappa shape index (κ2) is 5.41. The van der Waals surface area contributed by atoms with Gasteiger partial charge in [0.15, 0.2) is 5.17 Å². The first-order chi connectivity index (χ1) is 7.78. The minimum atomic E-state index is 0.211. The molecule has 0 aromatic heterocycles. The zero-order chi connectivity index (χ0) is 11.4. The summed E-state index contributed by atoms with van der Waals surface area (Å²) in [7, 11) is 0. The first-order valence-corrected chi connectivity index (χ1v) is 7.51. The van der Waals surface area contributed by atoms with Gasteiger partial charge in [-0.25, -0.2) is 5.01 Å². The molecule has 1 saturated heterocycles. The number of nitrogens with zero attached hydrogens (tertiary/aromatic N) is 2. The third kappa shape index (κ3) is 2.72. The quantitative estimate of drug-likeness (QED) is 0.823. The Kier molecular flexibility index (Phi) is 4.14. The van der Waals surface area contributed by atoms with Crippen molar-refractivity contribution < 1.29 is 0 Å². The third-order valence-corrected chi connectivity index (χ3v) is 4.88. The fourth-order valence-corrected chi connectivity index (χ4v) is 3.62. The maximum atomic E-state index is 4.88. The number of rotatable bonds is 3. The van der Waals surface area contributed by atoms with Crippen molar-refractivity contribution in [3.63, 3.8) is 0 Å². The molecule has 2 rings (SSSR count). The number of thioether (sulfide) groups is 1. The molecule has 92 valence electrons. The van der Waals surface area contributed by atoms with Gasteiger partial charge in [0.1, 0.15) is 0 Å². The Morgan fingerprint density at radius 2 is 1.94 bits per heavy atom. The molecule has 2 heterocycles. The van der Waals surface area contributed by atoms with Crippen molar-refractivity contribution in [3.05, 3.63) is 0 Å². The van der Waals surface area contributed by atoms with Gasteiger partial charge in [0.05, 0.1) is 5.54 Å². The lowest BCUT2D eigenvalue weighted by Crippen LogP contribution is -2.43. The van der Waals surface area contributed by atoms with Gasteiger partial charge < -0.3 is 0 Å². The standard InChI is InChI=1S/C12H23N3S/c1-3-12(4-2)10-16-11(13-12)14-15-8-6-5-7-9-15/h3-10H2,1-2H3,(H,13,14). The van der Waals surface area contributed by atoms with Crippen LogP contribution in [0.5, 0.6) is 0 Å². The van der Waals surface area contributed by atoms with Gasteiger partial charge in [0.2, 0.25) is 0 Å². The van der Waals surface area contributed by atoms with Crippen molar-refractivity contribution >= 4 is 16.9 Å². The molecule has 0 amide bonds. The van der Waals surface area contributed by atoms with E-state index in [1.165, 1.54) is 32.4 Å². The van der Waals surface area contributed by atoms with E-state index >= 15 is 0 Å². The molecule has 3 nitrogen and oxygen atoms in total. The molecule has 4 heteroatoms. The van der Waals surface area contributed by atoms with Crippen molar-refractivity contribution in [2.45, 2.75) is 51.5 Å². The molecular formula is C12H23N3S. The Labute approximate surface area is 103 Å². The summed E-state index contributed by atoms with van der Waals surface area (Å²) >= 11 is 1.89. The molecule has 0 aromatic rings. The highest BCUT2D eigenvalue weighted by atomic mass is 32.2. The van der Waals surface area contributed by atoms with Crippen LogP contribution in [0.2, 0.25) is 0 Å². The van der Waals surface area contributed by atoms with Gasteiger partial charge in [-0.3, -0.25) is 10.4 Å². The number of piperidine rings is 1. The predicted octanol–water partition coefficient (Wildman–Crippen LogP) is 2.64. The fraction of sp³-hybridized carbons (Fsp3) is 0.917. The van der Waals surface area contributed by atoms with Crippen molar-refractivity contribution in [2.24, 2.45) is 4.99 Å². The number of aliphatic imine (C=N–C) groups is 1. The second-order valence-corrected chi connectivity index (χ2v) is 5.76. The summed E-state index contributed by atoms with van der Waals surface area (Å²) in [6, 6.07) is 0. The Morgan fingerprint density at radius 3 is 2.50 bits per heavy atom. The van der Waals surface area contributed by atoms with E-state index in [9.17, 15) is 0 Å². The van der Waals surface area contributed by atoms with Crippen LogP contribution in [-0.2, 0) is 0 Å². The maximum absolute atomic E-state index is 4.88. The van der Waals surface area contributed by atoms with Crippen LogP contribution in [0, 0.1) is 0 Å². The molecule has 0 spiro atoms. The molecule has 2 aliphatic rings. The van der Waals surface area contributed by atoms with Gasteiger partial charge in [0.25, 0.3) is 0 Å². The summed E-state index contributed by atoms with van der Waals surface area (Å²) in [6.07, 6.45) is 6.32. The SMILES string of the molecule is CCC1(CC)CSC(NN2CCCCC2)=N1. The molecular weight excluding hydrogens is 218 g/mol. The van der Waals surface area contributed by atoms with Gasteiger partial charge in [-0.2, -0.15) is 0 Å². The average molecular weight is 241 g/mol. The van der Waals surface area contributed by atoms with Crippen LogP contribution in [0.1, 0.15) is 46.0 Å². The van der Waals surface area contributed by atoms with Gasteiger partial charge >= 0.3 is 0 Å². The summed E-state index contributed by atoms with van der Waals surface area (Å²) in [5.74, 6) is 1.15. The molecule has 0 bridgehead atoms. The second-order valence-electron chi connectivity index (χ2n) is 4.80. The van der Waals surface area contributed by atoms with E-state index < -0.39 is 0 Å². The lowest BCUT2D eigenvalue weighted by molar-refractivity contribution is 0.196. The normalized spacial score (nSPS) is 25.5. The lowest BCUT2D eigenvalue weighted by Gasteiger charge is -2.27. The predicted molar refractivity (Wildman–Crippen MR) is 71.8 cm³/mol. The van der Waals surface area contributed by atoms with E-state index in [0.717, 1.165) is 23.8 Å². The highest BCUT2D eigenvalue weighted by Crippen LogP contribution is 2.32. The number of hydrogen-bond acceptors (Lipinski definition) is 4. The summed E-state index contributed by atoms with van der Waals surface area (Å²) < 4.78 is 0. The first kappa shape index (κ1) is 12.2. The average Bonchev–Trinajstić information content (AvgIpc) is 2.75. The van der Waals surface area contributed by atoms with Crippen molar-refractivity contribution in [1.82, 2.24) is 10.4 Å². The van der Waals surface area contributed by atoms with Gasteiger partial charge in [-0.05, 0) is 25.7 Å². The summed E-state index contributed by atoms with van der Waals surface area (Å²) in [4.78, 5) is 4.88. The Morgan fingerprint density at radius 1 is 1.25 bits per heavy atom. The van der Waals surface area contributed by atoms with Gasteiger partial charge in [0, 0.05) is 18.8 Å². The monoisotopic (exact) mass is 241 g/mol. The summed E-state index contributed by atoms with van der Waals surface area (Å²) in [5, 5.41) is 3.47. The molecule has 16 heavy (non-hydrogen) atoms. The highest BCUT2D eigenvalue weighted by molar-refractivity contribution is 8.14. The smallest absolute Gasteiger partial charge is 0.171 e. The number of hydrazine groups is 1. The summed E-state index contributed by atoms with van der Waals surface area (Å²) in [6.45, 7) is 6.84. The molecule has 0 atom stereocenters. The molecule has 0 aromatic carbocycles. The van der Waals surface area contributed by atoms with Crippen LogP contribution in [0.25, 0.3) is 0 Å². The lowest BCUT2D eigenvalue weighted by atomic mass is 9.97. The van der Waals surface area contributed by atoms with E-state index in [0.29, 0.717) is 0 Å². The van der Waals surface area contributed by atoms with E-state index in [2.05, 4.69) is 24.3 Å². The van der Waals surface area contributed by atoms with Crippen molar-refractivity contribution in [2.75, 3.05) is 18.8 Å². The van der Waals surface area contributed by atoms with Crippen LogP contribution in [-0.4, -0.2) is 34.6 Å². The number of nitrogens with one attached hydrogen (secondary N) is 1. The molecule has 1 N–H and O–H groups in total. The largest absolute Gasteiger partial charge is 0.298 e. The molecule has 0 saturated carbocycles.